The maximum absolute atomic E-state index is 13.7. The van der Waals surface area contributed by atoms with E-state index in [-0.39, 0.29) is 21.9 Å². The number of rotatable bonds is 6. The number of fused-ring (bicyclic) bond motifs is 1. The van der Waals surface area contributed by atoms with E-state index < -0.39 is 29.4 Å². The average molecular weight is 371 g/mol. The van der Waals surface area contributed by atoms with E-state index in [1.165, 1.54) is 13.3 Å². The molecule has 2 heterocycles. The van der Waals surface area contributed by atoms with Crippen LogP contribution >= 0.6 is 0 Å². The molecule has 3 aromatic rings. The fraction of sp³-hybridized carbons (Fsp3) is 0.200. The van der Waals surface area contributed by atoms with Crippen molar-refractivity contribution in [3.8, 4) is 11.5 Å². The molecule has 0 bridgehead atoms. The van der Waals surface area contributed by atoms with E-state index >= 15 is 0 Å². The minimum atomic E-state index is -3.15. The molecule has 25 heavy (non-hydrogen) atoms. The topological polar surface area (TPSA) is 83.1 Å². The second kappa shape index (κ2) is 7.19. The molecule has 0 radical (unpaired) electrons. The van der Waals surface area contributed by atoms with Gasteiger partial charge in [-0.1, -0.05) is 0 Å². The Kier molecular flexibility index (Phi) is 5.00. The highest BCUT2D eigenvalue weighted by atomic mass is 32.2. The van der Waals surface area contributed by atoms with Gasteiger partial charge in [0.15, 0.2) is 17.3 Å². The van der Waals surface area contributed by atoms with E-state index in [0.29, 0.717) is 11.4 Å². The lowest BCUT2D eigenvalue weighted by Crippen LogP contribution is -2.08. The van der Waals surface area contributed by atoms with Gasteiger partial charge in [-0.05, 0) is 6.07 Å². The first-order chi connectivity index (χ1) is 12.0. The summed E-state index contributed by atoms with van der Waals surface area (Å²) in [7, 11) is 1.50. The molecule has 1 unspecified atom stereocenters. The Morgan fingerprint density at radius 1 is 1.32 bits per heavy atom. The van der Waals surface area contributed by atoms with Gasteiger partial charge in [0.1, 0.15) is 5.75 Å². The van der Waals surface area contributed by atoms with Gasteiger partial charge in [0.05, 0.1) is 23.8 Å². The van der Waals surface area contributed by atoms with Crippen LogP contribution in [0.15, 0.2) is 35.6 Å². The van der Waals surface area contributed by atoms with Crippen molar-refractivity contribution < 1.29 is 27.2 Å². The third-order valence-corrected chi connectivity index (χ3v) is 4.43. The maximum Gasteiger partial charge on any atom is 0.387 e. The Morgan fingerprint density at radius 2 is 2.12 bits per heavy atom. The number of hydrogen-bond acceptors (Lipinski definition) is 5. The van der Waals surface area contributed by atoms with E-state index in [1.54, 1.807) is 12.1 Å². The fourth-order valence-corrected chi connectivity index (χ4v) is 3.13. The highest BCUT2D eigenvalue weighted by molar-refractivity contribution is 7.90. The molecule has 6 nitrogen and oxygen atoms in total. The van der Waals surface area contributed by atoms with E-state index in [9.17, 15) is 17.7 Å². The third-order valence-electron chi connectivity index (χ3n) is 3.25. The van der Waals surface area contributed by atoms with Crippen LogP contribution in [0.3, 0.4) is 0 Å². The summed E-state index contributed by atoms with van der Waals surface area (Å²) in [5.41, 5.74) is 0.908. The van der Waals surface area contributed by atoms with Gasteiger partial charge in [-0.2, -0.15) is 13.8 Å². The second-order valence-corrected chi connectivity index (χ2v) is 6.26. The van der Waals surface area contributed by atoms with Crippen LogP contribution in [0, 0.1) is 5.82 Å². The Hall–Kier alpha value is -2.46. The number of ether oxygens (including phenoxy) is 2. The molecule has 0 aliphatic rings. The summed E-state index contributed by atoms with van der Waals surface area (Å²) >= 11 is -1.60. The summed E-state index contributed by atoms with van der Waals surface area (Å²) in [5, 5.41) is 0.0771. The molecule has 132 valence electrons. The lowest BCUT2D eigenvalue weighted by Gasteiger charge is -2.07. The average Bonchev–Trinajstić information content (AvgIpc) is 2.97. The second-order valence-electron chi connectivity index (χ2n) is 4.90. The van der Waals surface area contributed by atoms with E-state index in [0.717, 1.165) is 12.1 Å². The highest BCUT2D eigenvalue weighted by Gasteiger charge is 2.20. The van der Waals surface area contributed by atoms with Crippen molar-refractivity contribution in [1.29, 1.82) is 0 Å². The number of methoxy groups -OCH3 is 1. The predicted octanol–water partition coefficient (Wildman–Crippen LogP) is 3.01. The predicted molar refractivity (Wildman–Crippen MR) is 83.6 cm³/mol. The lowest BCUT2D eigenvalue weighted by atomic mass is 10.3. The van der Waals surface area contributed by atoms with Gasteiger partial charge in [0.2, 0.25) is 0 Å². The van der Waals surface area contributed by atoms with Crippen LogP contribution in [-0.2, 0) is 16.9 Å². The number of nitrogens with zero attached hydrogens (tertiary/aromatic N) is 2. The summed E-state index contributed by atoms with van der Waals surface area (Å²) in [6.45, 7) is -3.15. The first-order valence-corrected chi connectivity index (χ1v) is 8.29. The number of benzene rings is 1. The van der Waals surface area contributed by atoms with Crippen LogP contribution in [0.25, 0.3) is 11.0 Å². The van der Waals surface area contributed by atoms with Gasteiger partial charge >= 0.3 is 11.8 Å². The van der Waals surface area contributed by atoms with Crippen molar-refractivity contribution in [3.05, 3.63) is 42.0 Å². The summed E-state index contributed by atoms with van der Waals surface area (Å²) in [6.07, 6.45) is 1.52. The van der Waals surface area contributed by atoms with Crippen molar-refractivity contribution >= 4 is 22.2 Å². The van der Waals surface area contributed by atoms with Gasteiger partial charge in [0.25, 0.3) is 0 Å². The molecular weight excluding hydrogens is 359 g/mol. The molecule has 3 rings (SSSR count). The Morgan fingerprint density at radius 3 is 2.84 bits per heavy atom. The molecular formula is C15H12F3N3O3S. The number of imidazole rings is 1. The minimum Gasteiger partial charge on any atom is -0.609 e. The quantitative estimate of drug-likeness (QED) is 0.674. The SMILES string of the molecule is COc1ccnc(C[S+]([O-])c2nc3cc(OC(F)F)c(F)cc3[nH]2)c1. The standard InChI is InChI=1S/C15H12F3N3O3S/c1-23-9-2-3-19-8(4-9)7-25(22)15-20-11-5-10(16)13(24-14(17)18)6-12(11)21-15/h2-6,14H,7H2,1H3,(H,20,21). The maximum atomic E-state index is 13.7. The Bertz CT molecular complexity index is 891. The molecule has 10 heteroatoms. The van der Waals surface area contributed by atoms with Crippen LogP contribution in [0.4, 0.5) is 13.2 Å². The van der Waals surface area contributed by atoms with E-state index in [2.05, 4.69) is 19.7 Å². The molecule has 2 aromatic heterocycles. The number of aromatic nitrogens is 3. The number of pyridine rings is 1. The molecule has 0 spiro atoms. The monoisotopic (exact) mass is 371 g/mol. The zero-order valence-corrected chi connectivity index (χ0v) is 13.6. The third kappa shape index (κ3) is 3.97. The van der Waals surface area contributed by atoms with Gasteiger partial charge in [-0.3, -0.25) is 9.97 Å². The molecule has 0 amide bonds. The number of halogens is 3. The fourth-order valence-electron chi connectivity index (χ4n) is 2.15. The van der Waals surface area contributed by atoms with Crippen molar-refractivity contribution in [2.45, 2.75) is 17.5 Å². The van der Waals surface area contributed by atoms with Crippen molar-refractivity contribution in [2.24, 2.45) is 0 Å². The number of hydrogen-bond donors (Lipinski definition) is 1. The van der Waals surface area contributed by atoms with E-state index in [1.807, 2.05) is 0 Å². The van der Waals surface area contributed by atoms with Crippen LogP contribution in [0.5, 0.6) is 11.5 Å². The van der Waals surface area contributed by atoms with Crippen molar-refractivity contribution in [2.75, 3.05) is 7.11 Å². The van der Waals surface area contributed by atoms with Crippen LogP contribution in [0.1, 0.15) is 5.69 Å². The summed E-state index contributed by atoms with van der Waals surface area (Å²) in [5.74, 6) is -0.966. The molecule has 0 fully saturated rings. The highest BCUT2D eigenvalue weighted by Crippen LogP contribution is 2.26. The minimum absolute atomic E-state index is 0.0555. The zero-order chi connectivity index (χ0) is 18.0. The number of alkyl halides is 2. The van der Waals surface area contributed by atoms with Gasteiger partial charge in [-0.15, -0.1) is 0 Å². The summed E-state index contributed by atoms with van der Waals surface area (Å²) in [6, 6.07) is 5.28. The zero-order valence-electron chi connectivity index (χ0n) is 12.8. The first-order valence-electron chi connectivity index (χ1n) is 6.97. The van der Waals surface area contributed by atoms with Crippen LogP contribution < -0.4 is 9.47 Å². The molecule has 0 saturated heterocycles. The Labute approximate surface area is 143 Å². The largest absolute Gasteiger partial charge is 0.609 e. The normalized spacial score (nSPS) is 12.6. The van der Waals surface area contributed by atoms with Crippen molar-refractivity contribution in [3.63, 3.8) is 0 Å². The van der Waals surface area contributed by atoms with Crippen molar-refractivity contribution in [1.82, 2.24) is 15.0 Å². The molecule has 0 aliphatic heterocycles. The molecule has 1 N–H and O–H groups in total. The molecule has 1 aromatic carbocycles. The number of nitrogens with one attached hydrogen (secondary N) is 1. The molecule has 1 atom stereocenters. The summed E-state index contributed by atoms with van der Waals surface area (Å²) < 4.78 is 59.8. The summed E-state index contributed by atoms with van der Waals surface area (Å²) in [4.78, 5) is 10.9. The van der Waals surface area contributed by atoms with Crippen LogP contribution in [-0.4, -0.2) is 33.2 Å². The van der Waals surface area contributed by atoms with Gasteiger partial charge in [0, 0.05) is 35.6 Å². The lowest BCUT2D eigenvalue weighted by molar-refractivity contribution is -0.0520. The Balaban J connectivity index is 1.85. The van der Waals surface area contributed by atoms with Crippen LogP contribution in [0.2, 0.25) is 0 Å². The van der Waals surface area contributed by atoms with Gasteiger partial charge in [-0.25, -0.2) is 4.39 Å². The smallest absolute Gasteiger partial charge is 0.387 e. The molecule has 0 saturated carbocycles. The molecule has 0 aliphatic carbocycles. The number of H-pyrrole nitrogens is 1. The van der Waals surface area contributed by atoms with E-state index in [4.69, 9.17) is 4.74 Å². The van der Waals surface area contributed by atoms with Gasteiger partial charge < -0.3 is 14.0 Å². The number of aromatic amines is 1. The first kappa shape index (κ1) is 17.4.